The van der Waals surface area contributed by atoms with E-state index in [0.29, 0.717) is 19.5 Å². The lowest BCUT2D eigenvalue weighted by Gasteiger charge is -2.33. The summed E-state index contributed by atoms with van der Waals surface area (Å²) in [6, 6.07) is 3.71. The SMILES string of the molecule is CCCCC(=O)N1CCn2cc(CC(=O)NCc3cccnc3)nc2[C@H]1C. The Morgan fingerprint density at radius 3 is 2.93 bits per heavy atom. The molecule has 0 aromatic carbocycles. The summed E-state index contributed by atoms with van der Waals surface area (Å²) in [6.45, 7) is 5.97. The van der Waals surface area contributed by atoms with Gasteiger partial charge in [0.2, 0.25) is 11.8 Å². The van der Waals surface area contributed by atoms with Gasteiger partial charge in [0.15, 0.2) is 0 Å². The highest BCUT2D eigenvalue weighted by molar-refractivity contribution is 5.78. The summed E-state index contributed by atoms with van der Waals surface area (Å²) in [5.74, 6) is 0.980. The minimum Gasteiger partial charge on any atom is -0.352 e. The molecule has 3 rings (SSSR count). The molecule has 7 nitrogen and oxygen atoms in total. The van der Waals surface area contributed by atoms with Crippen LogP contribution < -0.4 is 5.32 Å². The molecule has 0 fully saturated rings. The minimum absolute atomic E-state index is 0.0599. The van der Waals surface area contributed by atoms with Gasteiger partial charge in [-0.25, -0.2) is 4.98 Å². The molecular weight excluding hydrogens is 342 g/mol. The Morgan fingerprint density at radius 1 is 1.33 bits per heavy atom. The molecule has 1 N–H and O–H groups in total. The number of nitrogens with zero attached hydrogens (tertiary/aromatic N) is 4. The summed E-state index contributed by atoms with van der Waals surface area (Å²) in [7, 11) is 0. The summed E-state index contributed by atoms with van der Waals surface area (Å²) in [5, 5.41) is 2.90. The van der Waals surface area contributed by atoms with Crippen LogP contribution in [0.25, 0.3) is 0 Å². The fraction of sp³-hybridized carbons (Fsp3) is 0.500. The predicted octanol–water partition coefficient (Wildman–Crippen LogP) is 2.23. The van der Waals surface area contributed by atoms with Crippen molar-refractivity contribution in [1.82, 2.24) is 24.8 Å². The van der Waals surface area contributed by atoms with Gasteiger partial charge < -0.3 is 14.8 Å². The fourth-order valence-corrected chi connectivity index (χ4v) is 3.38. The van der Waals surface area contributed by atoms with E-state index in [1.165, 1.54) is 0 Å². The van der Waals surface area contributed by atoms with Gasteiger partial charge in [-0.15, -0.1) is 0 Å². The number of fused-ring (bicyclic) bond motifs is 1. The molecule has 2 aromatic rings. The van der Waals surface area contributed by atoms with Gasteiger partial charge in [-0.2, -0.15) is 0 Å². The molecule has 0 radical (unpaired) electrons. The maximum absolute atomic E-state index is 12.4. The standard InChI is InChI=1S/C20H27N5O2/c1-3-4-7-19(27)25-10-9-24-14-17(23-20(24)15(25)2)11-18(26)22-13-16-6-5-8-21-12-16/h5-6,8,12,14-15H,3-4,7,9-11,13H2,1-2H3,(H,22,26)/t15-/m1/s1. The Kier molecular flexibility index (Phi) is 6.21. The molecule has 0 bridgehead atoms. The van der Waals surface area contributed by atoms with E-state index >= 15 is 0 Å². The maximum atomic E-state index is 12.4. The third-order valence-corrected chi connectivity index (χ3v) is 4.90. The Morgan fingerprint density at radius 2 is 2.19 bits per heavy atom. The number of aromatic nitrogens is 3. The molecule has 0 saturated carbocycles. The zero-order valence-corrected chi connectivity index (χ0v) is 16.0. The summed E-state index contributed by atoms with van der Waals surface area (Å²) in [6.07, 6.45) is 8.13. The minimum atomic E-state index is -0.0715. The molecule has 1 aliphatic rings. The van der Waals surface area contributed by atoms with Gasteiger partial charge >= 0.3 is 0 Å². The van der Waals surface area contributed by atoms with Gasteiger partial charge in [0.1, 0.15) is 5.82 Å². The Bertz CT molecular complexity index is 787. The molecule has 0 unspecified atom stereocenters. The first kappa shape index (κ1) is 19.1. The van der Waals surface area contributed by atoms with Crippen molar-refractivity contribution < 1.29 is 9.59 Å². The molecule has 2 aromatic heterocycles. The van der Waals surface area contributed by atoms with E-state index in [1.54, 1.807) is 12.4 Å². The predicted molar refractivity (Wildman–Crippen MR) is 102 cm³/mol. The average Bonchev–Trinajstić information content (AvgIpc) is 3.09. The lowest BCUT2D eigenvalue weighted by Crippen LogP contribution is -2.41. The molecule has 0 saturated heterocycles. The van der Waals surface area contributed by atoms with Crippen LogP contribution in [-0.2, 0) is 29.1 Å². The van der Waals surface area contributed by atoms with Crippen molar-refractivity contribution in [3.63, 3.8) is 0 Å². The third kappa shape index (κ3) is 4.72. The van der Waals surface area contributed by atoms with Crippen LogP contribution in [0.4, 0.5) is 0 Å². The van der Waals surface area contributed by atoms with E-state index in [9.17, 15) is 9.59 Å². The number of hydrogen-bond acceptors (Lipinski definition) is 4. The number of amides is 2. The molecule has 144 valence electrons. The van der Waals surface area contributed by atoms with Crippen LogP contribution in [0, 0.1) is 0 Å². The van der Waals surface area contributed by atoms with Gasteiger partial charge in [-0.05, 0) is 25.0 Å². The van der Waals surface area contributed by atoms with Crippen LogP contribution in [-0.4, -0.2) is 37.8 Å². The first-order valence-corrected chi connectivity index (χ1v) is 9.59. The van der Waals surface area contributed by atoms with Crippen molar-refractivity contribution in [3.8, 4) is 0 Å². The van der Waals surface area contributed by atoms with Crippen molar-refractivity contribution in [2.45, 2.75) is 58.7 Å². The number of unbranched alkanes of at least 4 members (excludes halogenated alkanes) is 1. The lowest BCUT2D eigenvalue weighted by atomic mass is 10.1. The molecule has 0 aliphatic carbocycles. The summed E-state index contributed by atoms with van der Waals surface area (Å²) >= 11 is 0. The van der Waals surface area contributed by atoms with Gasteiger partial charge in [-0.1, -0.05) is 19.4 Å². The Balaban J connectivity index is 1.58. The second-order valence-corrected chi connectivity index (χ2v) is 6.97. The van der Waals surface area contributed by atoms with Gasteiger partial charge in [-0.3, -0.25) is 14.6 Å². The van der Waals surface area contributed by atoms with Gasteiger partial charge in [0.05, 0.1) is 18.2 Å². The van der Waals surface area contributed by atoms with Gasteiger partial charge in [0.25, 0.3) is 0 Å². The maximum Gasteiger partial charge on any atom is 0.226 e. The summed E-state index contributed by atoms with van der Waals surface area (Å²) < 4.78 is 2.07. The van der Waals surface area contributed by atoms with Gasteiger partial charge in [0, 0.05) is 44.6 Å². The van der Waals surface area contributed by atoms with Crippen molar-refractivity contribution in [2.24, 2.45) is 0 Å². The number of hydrogen-bond donors (Lipinski definition) is 1. The zero-order valence-electron chi connectivity index (χ0n) is 16.0. The largest absolute Gasteiger partial charge is 0.352 e. The average molecular weight is 369 g/mol. The van der Waals surface area contributed by atoms with Crippen molar-refractivity contribution >= 4 is 11.8 Å². The van der Waals surface area contributed by atoms with Crippen LogP contribution in [0.5, 0.6) is 0 Å². The number of pyridine rings is 1. The topological polar surface area (TPSA) is 80.1 Å². The summed E-state index contributed by atoms with van der Waals surface area (Å²) in [4.78, 5) is 35.2. The van der Waals surface area contributed by atoms with Crippen LogP contribution in [0.3, 0.4) is 0 Å². The number of carbonyl (C=O) groups is 2. The molecule has 1 atom stereocenters. The first-order chi connectivity index (χ1) is 13.1. The highest BCUT2D eigenvalue weighted by Gasteiger charge is 2.29. The summed E-state index contributed by atoms with van der Waals surface area (Å²) in [5.41, 5.74) is 1.70. The number of carbonyl (C=O) groups excluding carboxylic acids is 2. The quantitative estimate of drug-likeness (QED) is 0.812. The van der Waals surface area contributed by atoms with Crippen molar-refractivity contribution in [2.75, 3.05) is 6.54 Å². The van der Waals surface area contributed by atoms with Crippen molar-refractivity contribution in [1.29, 1.82) is 0 Å². The zero-order chi connectivity index (χ0) is 19.2. The first-order valence-electron chi connectivity index (χ1n) is 9.59. The monoisotopic (exact) mass is 369 g/mol. The number of nitrogens with one attached hydrogen (secondary N) is 1. The third-order valence-electron chi connectivity index (χ3n) is 4.90. The van der Waals surface area contributed by atoms with E-state index in [4.69, 9.17) is 0 Å². The van der Waals surface area contributed by atoms with Crippen LogP contribution in [0.2, 0.25) is 0 Å². The molecule has 2 amide bonds. The van der Waals surface area contributed by atoms with E-state index in [1.807, 2.05) is 30.2 Å². The Hall–Kier alpha value is -2.70. The second kappa shape index (κ2) is 8.79. The number of imidazole rings is 1. The molecular formula is C20H27N5O2. The molecule has 1 aliphatic heterocycles. The van der Waals surface area contributed by atoms with Crippen molar-refractivity contribution in [3.05, 3.63) is 47.8 Å². The lowest BCUT2D eigenvalue weighted by molar-refractivity contribution is -0.134. The molecule has 0 spiro atoms. The smallest absolute Gasteiger partial charge is 0.226 e. The second-order valence-electron chi connectivity index (χ2n) is 6.97. The molecule has 7 heteroatoms. The highest BCUT2D eigenvalue weighted by Crippen LogP contribution is 2.25. The Labute approximate surface area is 159 Å². The molecule has 3 heterocycles. The van der Waals surface area contributed by atoms with E-state index < -0.39 is 0 Å². The molecule has 27 heavy (non-hydrogen) atoms. The van der Waals surface area contributed by atoms with Crippen LogP contribution >= 0.6 is 0 Å². The number of rotatable bonds is 7. The van der Waals surface area contributed by atoms with E-state index in [-0.39, 0.29) is 24.3 Å². The normalized spacial score (nSPS) is 16.1. The van der Waals surface area contributed by atoms with Crippen LogP contribution in [0.15, 0.2) is 30.7 Å². The van der Waals surface area contributed by atoms with E-state index in [2.05, 4.69) is 26.8 Å². The van der Waals surface area contributed by atoms with E-state index in [0.717, 1.165) is 36.5 Å². The van der Waals surface area contributed by atoms with Crippen LogP contribution in [0.1, 0.15) is 56.2 Å². The highest BCUT2D eigenvalue weighted by atomic mass is 16.2. The fourth-order valence-electron chi connectivity index (χ4n) is 3.38.